The van der Waals surface area contributed by atoms with E-state index in [4.69, 9.17) is 10.00 Å². The van der Waals surface area contributed by atoms with E-state index in [1.165, 1.54) is 6.20 Å². The summed E-state index contributed by atoms with van der Waals surface area (Å²) in [6.07, 6.45) is 3.32. The largest absolute Gasteiger partial charge is 0.377 e. The second-order valence-electron chi connectivity index (χ2n) is 6.03. The summed E-state index contributed by atoms with van der Waals surface area (Å²) in [4.78, 5) is 4.36. The van der Waals surface area contributed by atoms with Crippen molar-refractivity contribution in [1.29, 1.82) is 5.26 Å². The van der Waals surface area contributed by atoms with Crippen LogP contribution in [0.4, 0.5) is 5.82 Å². The quantitative estimate of drug-likeness (QED) is 0.771. The normalized spacial score (nSPS) is 17.0. The minimum absolute atomic E-state index is 0.0341. The van der Waals surface area contributed by atoms with Gasteiger partial charge in [0.05, 0.1) is 16.6 Å². The van der Waals surface area contributed by atoms with Gasteiger partial charge in [-0.1, -0.05) is 12.1 Å². The van der Waals surface area contributed by atoms with Gasteiger partial charge in [-0.2, -0.15) is 5.26 Å². The maximum atomic E-state index is 12.3. The molecular formula is C18H20N4O3S. The number of nitrogens with one attached hydrogen (secondary N) is 2. The highest BCUT2D eigenvalue weighted by Gasteiger charge is 2.20. The number of benzene rings is 1. The maximum absolute atomic E-state index is 12.3. The molecule has 1 aromatic carbocycles. The van der Waals surface area contributed by atoms with E-state index < -0.39 is 10.0 Å². The van der Waals surface area contributed by atoms with E-state index in [0.717, 1.165) is 18.4 Å². The van der Waals surface area contributed by atoms with Crippen molar-refractivity contribution < 1.29 is 13.2 Å². The number of pyridine rings is 1. The van der Waals surface area contributed by atoms with Crippen LogP contribution in [0.1, 0.15) is 24.0 Å². The molecule has 1 fully saturated rings. The van der Waals surface area contributed by atoms with E-state index in [2.05, 4.69) is 15.0 Å². The Balaban J connectivity index is 1.55. The average Bonchev–Trinajstić information content (AvgIpc) is 3.19. The first-order chi connectivity index (χ1) is 12.6. The minimum Gasteiger partial charge on any atom is -0.377 e. The Kier molecular flexibility index (Phi) is 5.83. The number of aromatic nitrogens is 1. The lowest BCUT2D eigenvalue weighted by Crippen LogP contribution is -2.31. The van der Waals surface area contributed by atoms with E-state index in [0.29, 0.717) is 31.1 Å². The number of anilines is 1. The Morgan fingerprint density at radius 1 is 1.23 bits per heavy atom. The number of rotatable bonds is 7. The van der Waals surface area contributed by atoms with E-state index in [1.54, 1.807) is 36.4 Å². The highest BCUT2D eigenvalue weighted by molar-refractivity contribution is 7.89. The van der Waals surface area contributed by atoms with Gasteiger partial charge in [0, 0.05) is 25.9 Å². The fourth-order valence-electron chi connectivity index (χ4n) is 2.63. The number of sulfonamides is 1. The summed E-state index contributed by atoms with van der Waals surface area (Å²) in [5.74, 6) is 0.652. The molecule has 2 aromatic rings. The van der Waals surface area contributed by atoms with Gasteiger partial charge in [-0.25, -0.2) is 18.1 Å². The van der Waals surface area contributed by atoms with Gasteiger partial charge in [0.25, 0.3) is 0 Å². The molecule has 0 aliphatic carbocycles. The van der Waals surface area contributed by atoms with E-state index in [9.17, 15) is 8.42 Å². The SMILES string of the molecule is N#Cc1ccc(NCc2ccc(S(=O)(=O)NC[C@@H]3CCCO3)cc2)nc1. The zero-order valence-corrected chi connectivity index (χ0v) is 15.0. The molecule has 136 valence electrons. The van der Waals surface area contributed by atoms with Gasteiger partial charge in [-0.05, 0) is 42.7 Å². The molecule has 7 nitrogen and oxygen atoms in total. The molecule has 2 N–H and O–H groups in total. The molecule has 3 rings (SSSR count). The van der Waals surface area contributed by atoms with Crippen LogP contribution in [0.15, 0.2) is 47.5 Å². The first-order valence-electron chi connectivity index (χ1n) is 8.37. The molecule has 0 saturated carbocycles. The summed E-state index contributed by atoms with van der Waals surface area (Å²) < 4.78 is 32.7. The third-order valence-electron chi connectivity index (χ3n) is 4.12. The van der Waals surface area contributed by atoms with Crippen molar-refractivity contribution in [2.75, 3.05) is 18.5 Å². The predicted molar refractivity (Wildman–Crippen MR) is 96.9 cm³/mol. The second kappa shape index (κ2) is 8.27. The van der Waals surface area contributed by atoms with Crippen molar-refractivity contribution >= 4 is 15.8 Å². The zero-order valence-electron chi connectivity index (χ0n) is 14.2. The fraction of sp³-hybridized carbons (Fsp3) is 0.333. The topological polar surface area (TPSA) is 104 Å². The van der Waals surface area contributed by atoms with Crippen molar-refractivity contribution in [3.8, 4) is 6.07 Å². The first-order valence-corrected chi connectivity index (χ1v) is 9.85. The Labute approximate surface area is 153 Å². The first kappa shape index (κ1) is 18.3. The molecule has 0 unspecified atom stereocenters. The van der Waals surface area contributed by atoms with Gasteiger partial charge in [0.1, 0.15) is 11.9 Å². The molecule has 1 aliphatic heterocycles. The lowest BCUT2D eigenvalue weighted by atomic mass is 10.2. The number of ether oxygens (including phenoxy) is 1. The number of hydrogen-bond acceptors (Lipinski definition) is 6. The third-order valence-corrected chi connectivity index (χ3v) is 5.56. The van der Waals surface area contributed by atoms with Crippen LogP contribution >= 0.6 is 0 Å². The fourth-order valence-corrected chi connectivity index (χ4v) is 3.70. The molecule has 0 bridgehead atoms. The van der Waals surface area contributed by atoms with E-state index >= 15 is 0 Å². The molecule has 26 heavy (non-hydrogen) atoms. The number of nitrogens with zero attached hydrogens (tertiary/aromatic N) is 2. The van der Waals surface area contributed by atoms with Gasteiger partial charge in [0.2, 0.25) is 10.0 Å². The van der Waals surface area contributed by atoms with Gasteiger partial charge in [-0.15, -0.1) is 0 Å². The molecule has 1 aromatic heterocycles. The summed E-state index contributed by atoms with van der Waals surface area (Å²) in [5, 5.41) is 11.9. The zero-order chi connectivity index (χ0) is 18.4. The van der Waals surface area contributed by atoms with Crippen LogP contribution in [0.2, 0.25) is 0 Å². The van der Waals surface area contributed by atoms with E-state index in [1.807, 2.05) is 6.07 Å². The number of nitriles is 1. The Hall–Kier alpha value is -2.47. The summed E-state index contributed by atoms with van der Waals surface area (Å²) in [5.41, 5.74) is 1.43. The van der Waals surface area contributed by atoms with Crippen LogP contribution < -0.4 is 10.0 Å². The van der Waals surface area contributed by atoms with Crippen LogP contribution in [0, 0.1) is 11.3 Å². The lowest BCUT2D eigenvalue weighted by Gasteiger charge is -2.12. The van der Waals surface area contributed by atoms with E-state index in [-0.39, 0.29) is 11.0 Å². The summed E-state index contributed by atoms with van der Waals surface area (Å²) in [6, 6.07) is 12.1. The lowest BCUT2D eigenvalue weighted by molar-refractivity contribution is 0.114. The molecule has 0 spiro atoms. The standard InChI is InChI=1S/C18H20N4O3S/c19-10-15-5-8-18(21-12-15)20-11-14-3-6-17(7-4-14)26(23,24)22-13-16-2-1-9-25-16/h3-8,12,16,22H,1-2,9,11,13H2,(H,20,21)/t16-/m0/s1. The molecule has 1 aliphatic rings. The summed E-state index contributed by atoms with van der Waals surface area (Å²) in [7, 11) is -3.53. The molecule has 2 heterocycles. The molecule has 8 heteroatoms. The van der Waals surface area contributed by atoms with Crippen LogP contribution in [-0.4, -0.2) is 32.7 Å². The Bertz CT molecular complexity index is 868. The van der Waals surface area contributed by atoms with Crippen LogP contribution in [-0.2, 0) is 21.3 Å². The van der Waals surface area contributed by atoms with Crippen molar-refractivity contribution in [2.45, 2.75) is 30.4 Å². The minimum atomic E-state index is -3.53. The van der Waals surface area contributed by atoms with Crippen molar-refractivity contribution in [2.24, 2.45) is 0 Å². The highest BCUT2D eigenvalue weighted by Crippen LogP contribution is 2.15. The molecule has 1 saturated heterocycles. The summed E-state index contributed by atoms with van der Waals surface area (Å²) in [6.45, 7) is 1.50. The Morgan fingerprint density at radius 3 is 2.65 bits per heavy atom. The predicted octanol–water partition coefficient (Wildman–Crippen LogP) is 2.02. The van der Waals surface area contributed by atoms with Crippen LogP contribution in [0.5, 0.6) is 0 Å². The molecule has 1 atom stereocenters. The van der Waals surface area contributed by atoms with Gasteiger partial charge in [-0.3, -0.25) is 0 Å². The molecular weight excluding hydrogens is 352 g/mol. The van der Waals surface area contributed by atoms with Gasteiger partial charge < -0.3 is 10.1 Å². The monoisotopic (exact) mass is 372 g/mol. The highest BCUT2D eigenvalue weighted by atomic mass is 32.2. The van der Waals surface area contributed by atoms with Gasteiger partial charge in [0.15, 0.2) is 0 Å². The van der Waals surface area contributed by atoms with Crippen molar-refractivity contribution in [1.82, 2.24) is 9.71 Å². The van der Waals surface area contributed by atoms with Gasteiger partial charge >= 0.3 is 0 Å². The second-order valence-corrected chi connectivity index (χ2v) is 7.80. The third kappa shape index (κ3) is 4.79. The molecule has 0 amide bonds. The summed E-state index contributed by atoms with van der Waals surface area (Å²) >= 11 is 0. The van der Waals surface area contributed by atoms with Crippen molar-refractivity contribution in [3.05, 3.63) is 53.7 Å². The van der Waals surface area contributed by atoms with Crippen molar-refractivity contribution in [3.63, 3.8) is 0 Å². The average molecular weight is 372 g/mol. The smallest absolute Gasteiger partial charge is 0.240 e. The molecule has 0 radical (unpaired) electrons. The Morgan fingerprint density at radius 2 is 2.04 bits per heavy atom. The maximum Gasteiger partial charge on any atom is 0.240 e. The van der Waals surface area contributed by atoms with Crippen LogP contribution in [0.3, 0.4) is 0 Å². The van der Waals surface area contributed by atoms with Crippen LogP contribution in [0.25, 0.3) is 0 Å². The number of hydrogen-bond donors (Lipinski definition) is 2.